The van der Waals surface area contributed by atoms with Crippen LogP contribution < -0.4 is 10.6 Å². The normalized spacial score (nSPS) is 17.5. The van der Waals surface area contributed by atoms with Crippen LogP contribution >= 0.6 is 24.0 Å². The number of guanidine groups is 1. The molecule has 148 valence electrons. The van der Waals surface area contributed by atoms with Crippen molar-refractivity contribution in [3.8, 4) is 0 Å². The van der Waals surface area contributed by atoms with Gasteiger partial charge in [-0.25, -0.2) is 4.39 Å². The van der Waals surface area contributed by atoms with E-state index in [9.17, 15) is 4.39 Å². The second-order valence-corrected chi connectivity index (χ2v) is 6.71. The summed E-state index contributed by atoms with van der Waals surface area (Å²) in [4.78, 5) is 9.26. The van der Waals surface area contributed by atoms with E-state index in [1.54, 1.807) is 26.1 Å². The van der Waals surface area contributed by atoms with Gasteiger partial charge in [0.05, 0.1) is 0 Å². The minimum Gasteiger partial charge on any atom is -0.355 e. The fraction of sp³-hybridized carbons (Fsp3) is 0.632. The fourth-order valence-corrected chi connectivity index (χ4v) is 3.05. The Morgan fingerprint density at radius 3 is 2.50 bits per heavy atom. The molecule has 2 N–H and O–H groups in total. The average Bonchev–Trinajstić information content (AvgIpc) is 2.64. The predicted octanol–water partition coefficient (Wildman–Crippen LogP) is 2.44. The van der Waals surface area contributed by atoms with E-state index in [4.69, 9.17) is 0 Å². The molecule has 0 aromatic heterocycles. The summed E-state index contributed by atoms with van der Waals surface area (Å²) in [6.45, 7) is 13.3. The molecule has 0 amide bonds. The number of nitrogens with zero attached hydrogens (tertiary/aromatic N) is 3. The smallest absolute Gasteiger partial charge is 0.191 e. The number of hydrogen-bond acceptors (Lipinski definition) is 3. The number of nitrogens with one attached hydrogen (secondary N) is 2. The second kappa shape index (κ2) is 11.7. The molecule has 0 spiro atoms. The molecular weight excluding hydrogens is 444 g/mol. The lowest BCUT2D eigenvalue weighted by molar-refractivity contribution is 0.107. The molecule has 2 rings (SSSR count). The highest BCUT2D eigenvalue weighted by molar-refractivity contribution is 14.0. The van der Waals surface area contributed by atoms with Gasteiger partial charge in [0.25, 0.3) is 0 Å². The Labute approximate surface area is 174 Å². The van der Waals surface area contributed by atoms with Crippen molar-refractivity contribution < 1.29 is 4.39 Å². The summed E-state index contributed by atoms with van der Waals surface area (Å²) in [5, 5.41) is 6.63. The third kappa shape index (κ3) is 7.00. The number of aryl methyl sites for hydroxylation is 1. The molecule has 1 aliphatic heterocycles. The molecule has 0 saturated carbocycles. The number of benzene rings is 1. The van der Waals surface area contributed by atoms with Gasteiger partial charge in [-0.15, -0.1) is 24.0 Å². The zero-order valence-electron chi connectivity index (χ0n) is 16.4. The van der Waals surface area contributed by atoms with Crippen LogP contribution in [0, 0.1) is 12.7 Å². The van der Waals surface area contributed by atoms with E-state index in [-0.39, 0.29) is 29.8 Å². The van der Waals surface area contributed by atoms with Gasteiger partial charge in [0.1, 0.15) is 5.82 Å². The van der Waals surface area contributed by atoms with E-state index in [1.165, 1.54) is 0 Å². The van der Waals surface area contributed by atoms with E-state index >= 15 is 0 Å². The van der Waals surface area contributed by atoms with Crippen LogP contribution in [0.2, 0.25) is 0 Å². The van der Waals surface area contributed by atoms with Gasteiger partial charge in [-0.2, -0.15) is 0 Å². The maximum absolute atomic E-state index is 13.6. The van der Waals surface area contributed by atoms with Crippen LogP contribution in [0.15, 0.2) is 23.2 Å². The van der Waals surface area contributed by atoms with Gasteiger partial charge in [-0.05, 0) is 37.6 Å². The molecule has 1 unspecified atom stereocenters. The lowest BCUT2D eigenvalue weighted by Gasteiger charge is -2.37. The summed E-state index contributed by atoms with van der Waals surface area (Å²) in [5.41, 5.74) is 1.58. The van der Waals surface area contributed by atoms with Crippen molar-refractivity contribution in [1.82, 2.24) is 20.4 Å². The first-order chi connectivity index (χ1) is 12.0. The molecule has 1 aliphatic rings. The first-order valence-corrected chi connectivity index (χ1v) is 9.19. The molecule has 5 nitrogen and oxygen atoms in total. The lowest BCUT2D eigenvalue weighted by Crippen LogP contribution is -2.53. The highest BCUT2D eigenvalue weighted by Crippen LogP contribution is 2.09. The minimum absolute atomic E-state index is 0. The predicted molar refractivity (Wildman–Crippen MR) is 118 cm³/mol. The Bertz CT molecular complexity index is 573. The van der Waals surface area contributed by atoms with Gasteiger partial charge < -0.3 is 15.5 Å². The molecule has 0 radical (unpaired) electrons. The van der Waals surface area contributed by atoms with Crippen LogP contribution in [0.25, 0.3) is 0 Å². The largest absolute Gasteiger partial charge is 0.355 e. The van der Waals surface area contributed by atoms with Gasteiger partial charge in [-0.3, -0.25) is 9.89 Å². The van der Waals surface area contributed by atoms with Crippen molar-refractivity contribution in [2.24, 2.45) is 4.99 Å². The van der Waals surface area contributed by atoms with Crippen molar-refractivity contribution in [3.05, 3.63) is 35.1 Å². The summed E-state index contributed by atoms with van der Waals surface area (Å²) in [5.74, 6) is 0.585. The third-order valence-corrected chi connectivity index (χ3v) is 4.96. The van der Waals surface area contributed by atoms with Gasteiger partial charge in [0, 0.05) is 52.4 Å². The number of aliphatic imine (C=N–C) groups is 1. The Balaban J connectivity index is 0.00000338. The summed E-state index contributed by atoms with van der Waals surface area (Å²) in [6, 6.07) is 5.77. The molecule has 1 heterocycles. The Morgan fingerprint density at radius 2 is 1.92 bits per heavy atom. The maximum Gasteiger partial charge on any atom is 0.191 e. The summed E-state index contributed by atoms with van der Waals surface area (Å²) >= 11 is 0. The monoisotopic (exact) mass is 477 g/mol. The van der Waals surface area contributed by atoms with E-state index in [2.05, 4.69) is 39.3 Å². The fourth-order valence-electron chi connectivity index (χ4n) is 3.05. The van der Waals surface area contributed by atoms with Gasteiger partial charge >= 0.3 is 0 Å². The van der Waals surface area contributed by atoms with Gasteiger partial charge in [-0.1, -0.05) is 19.1 Å². The first kappa shape index (κ1) is 23.1. The van der Waals surface area contributed by atoms with Crippen molar-refractivity contribution in [1.29, 1.82) is 0 Å². The van der Waals surface area contributed by atoms with E-state index in [0.29, 0.717) is 18.2 Å². The second-order valence-electron chi connectivity index (χ2n) is 6.71. The summed E-state index contributed by atoms with van der Waals surface area (Å²) in [7, 11) is 1.76. The molecule has 1 atom stereocenters. The quantitative estimate of drug-likeness (QED) is 0.376. The number of halogens is 2. The molecule has 26 heavy (non-hydrogen) atoms. The van der Waals surface area contributed by atoms with Crippen molar-refractivity contribution in [3.63, 3.8) is 0 Å². The van der Waals surface area contributed by atoms with E-state index in [0.717, 1.165) is 50.8 Å². The molecule has 1 aromatic rings. The highest BCUT2D eigenvalue weighted by Gasteiger charge is 2.20. The number of hydrogen-bond donors (Lipinski definition) is 2. The van der Waals surface area contributed by atoms with Crippen molar-refractivity contribution >= 4 is 29.9 Å². The zero-order valence-corrected chi connectivity index (χ0v) is 18.7. The lowest BCUT2D eigenvalue weighted by atomic mass is 10.1. The topological polar surface area (TPSA) is 42.9 Å². The van der Waals surface area contributed by atoms with Crippen LogP contribution in [0.1, 0.15) is 25.0 Å². The standard InChI is InChI=1S/C19H32FN5.HI/c1-5-24-8-10-25(11-9-24)16(3)13-22-19(21-4)23-14-17-7-6-15(2)18(20)12-17;/h6-7,12,16H,5,8-11,13-14H2,1-4H3,(H2,21,22,23);1H. The highest BCUT2D eigenvalue weighted by atomic mass is 127. The SMILES string of the molecule is CCN1CCN(C(C)CNC(=NC)NCc2ccc(C)c(F)c2)CC1.I. The summed E-state index contributed by atoms with van der Waals surface area (Å²) < 4.78 is 13.6. The third-order valence-electron chi connectivity index (χ3n) is 4.96. The van der Waals surface area contributed by atoms with Crippen molar-refractivity contribution in [2.75, 3.05) is 46.3 Å². The maximum atomic E-state index is 13.6. The molecule has 1 fully saturated rings. The average molecular weight is 477 g/mol. The summed E-state index contributed by atoms with van der Waals surface area (Å²) in [6.07, 6.45) is 0. The number of likely N-dealkylation sites (N-methyl/N-ethyl adjacent to an activating group) is 1. The molecule has 7 heteroatoms. The van der Waals surface area contributed by atoms with E-state index in [1.807, 2.05) is 6.07 Å². The zero-order chi connectivity index (χ0) is 18.2. The molecular formula is C19H33FIN5. The van der Waals surface area contributed by atoms with Crippen LogP contribution in [-0.2, 0) is 6.54 Å². The van der Waals surface area contributed by atoms with Gasteiger partial charge in [0.2, 0.25) is 0 Å². The number of rotatable bonds is 6. The van der Waals surface area contributed by atoms with Crippen molar-refractivity contribution in [2.45, 2.75) is 33.4 Å². The molecule has 0 aliphatic carbocycles. The number of piperazine rings is 1. The van der Waals surface area contributed by atoms with E-state index < -0.39 is 0 Å². The first-order valence-electron chi connectivity index (χ1n) is 9.19. The molecule has 0 bridgehead atoms. The van der Waals surface area contributed by atoms with Gasteiger partial charge in [0.15, 0.2) is 5.96 Å². The van der Waals surface area contributed by atoms with Crippen LogP contribution in [0.4, 0.5) is 4.39 Å². The van der Waals surface area contributed by atoms with Crippen LogP contribution in [0.3, 0.4) is 0 Å². The Morgan fingerprint density at radius 1 is 1.23 bits per heavy atom. The Hall–Kier alpha value is -0.930. The Kier molecular flexibility index (Phi) is 10.4. The van der Waals surface area contributed by atoms with Crippen LogP contribution in [0.5, 0.6) is 0 Å². The minimum atomic E-state index is -0.165. The molecule has 1 aromatic carbocycles. The molecule has 1 saturated heterocycles. The van der Waals surface area contributed by atoms with Crippen LogP contribution in [-0.4, -0.2) is 68.1 Å².